The minimum absolute atomic E-state index is 0.508. The van der Waals surface area contributed by atoms with Gasteiger partial charge in [-0.15, -0.1) is 5.10 Å². The van der Waals surface area contributed by atoms with Crippen LogP contribution in [0.2, 0.25) is 0 Å². The second-order valence-corrected chi connectivity index (χ2v) is 3.19. The Bertz CT molecular complexity index is 403. The van der Waals surface area contributed by atoms with Gasteiger partial charge in [-0.3, -0.25) is 0 Å². The van der Waals surface area contributed by atoms with Crippen LogP contribution in [0.5, 0.6) is 0 Å². The number of aromatic nitrogens is 3. The van der Waals surface area contributed by atoms with E-state index in [4.69, 9.17) is 0 Å². The van der Waals surface area contributed by atoms with Crippen LogP contribution in [0.1, 0.15) is 0 Å². The largest absolute Gasteiger partial charge is 0.219 e. The lowest BCUT2D eigenvalue weighted by molar-refractivity contribution is 0.939. The van der Waals surface area contributed by atoms with Gasteiger partial charge in [0, 0.05) is 5.56 Å². The van der Waals surface area contributed by atoms with Gasteiger partial charge in [-0.1, -0.05) is 30.3 Å². The molecule has 0 N–H and O–H groups in total. The van der Waals surface area contributed by atoms with E-state index in [0.29, 0.717) is 4.73 Å². The molecule has 3 nitrogen and oxygen atoms in total. The van der Waals surface area contributed by atoms with Crippen LogP contribution in [0.15, 0.2) is 41.3 Å². The fraction of sp³-hybridized carbons (Fsp3) is 0. The molecule has 0 atom stereocenters. The van der Waals surface area contributed by atoms with Gasteiger partial charge in [0.05, 0.1) is 11.9 Å². The van der Waals surface area contributed by atoms with Crippen molar-refractivity contribution in [3.8, 4) is 11.3 Å². The molecule has 1 aromatic heterocycles. The normalized spacial score (nSPS) is 9.92. The van der Waals surface area contributed by atoms with E-state index in [0.717, 1.165) is 11.3 Å². The van der Waals surface area contributed by atoms with Crippen molar-refractivity contribution in [1.29, 1.82) is 0 Å². The number of halogens is 1. The average molecular weight is 236 g/mol. The van der Waals surface area contributed by atoms with E-state index in [2.05, 4.69) is 31.1 Å². The van der Waals surface area contributed by atoms with E-state index in [1.807, 2.05) is 30.3 Å². The van der Waals surface area contributed by atoms with Crippen LogP contribution in [0.4, 0.5) is 0 Å². The first-order valence-electron chi connectivity index (χ1n) is 3.77. The van der Waals surface area contributed by atoms with E-state index in [1.165, 1.54) is 0 Å². The number of benzene rings is 1. The highest BCUT2D eigenvalue weighted by Crippen LogP contribution is 2.15. The lowest BCUT2D eigenvalue weighted by Crippen LogP contribution is -1.89. The van der Waals surface area contributed by atoms with Crippen LogP contribution >= 0.6 is 15.9 Å². The van der Waals surface area contributed by atoms with E-state index >= 15 is 0 Å². The van der Waals surface area contributed by atoms with E-state index in [1.54, 1.807) is 6.20 Å². The molecule has 1 aromatic carbocycles. The molecule has 0 amide bonds. The van der Waals surface area contributed by atoms with Crippen molar-refractivity contribution in [3.05, 3.63) is 41.3 Å². The molecule has 0 aliphatic heterocycles. The van der Waals surface area contributed by atoms with E-state index < -0.39 is 0 Å². The number of hydrogen-bond donors (Lipinski definition) is 0. The molecule has 0 radical (unpaired) electrons. The fourth-order valence-electron chi connectivity index (χ4n) is 1.03. The zero-order valence-electron chi connectivity index (χ0n) is 6.68. The SMILES string of the molecule is Brc1nncc(-c2ccccc2)n1. The predicted octanol–water partition coefficient (Wildman–Crippen LogP) is 2.30. The summed E-state index contributed by atoms with van der Waals surface area (Å²) in [4.78, 5) is 4.19. The highest BCUT2D eigenvalue weighted by molar-refractivity contribution is 9.10. The van der Waals surface area contributed by atoms with Gasteiger partial charge >= 0.3 is 0 Å². The van der Waals surface area contributed by atoms with Crippen LogP contribution in [-0.4, -0.2) is 15.2 Å². The first-order chi connectivity index (χ1) is 6.36. The maximum Gasteiger partial charge on any atom is 0.218 e. The van der Waals surface area contributed by atoms with Gasteiger partial charge in [0.25, 0.3) is 0 Å². The van der Waals surface area contributed by atoms with Crippen LogP contribution in [0, 0.1) is 0 Å². The van der Waals surface area contributed by atoms with Crippen molar-refractivity contribution in [2.45, 2.75) is 0 Å². The van der Waals surface area contributed by atoms with Crippen molar-refractivity contribution in [2.75, 3.05) is 0 Å². The Labute approximate surface area is 84.0 Å². The van der Waals surface area contributed by atoms with E-state index in [-0.39, 0.29) is 0 Å². The molecule has 4 heteroatoms. The third kappa shape index (κ3) is 1.89. The number of hydrogen-bond acceptors (Lipinski definition) is 3. The van der Waals surface area contributed by atoms with Gasteiger partial charge in [-0.25, -0.2) is 4.98 Å². The smallest absolute Gasteiger partial charge is 0.218 e. The summed E-state index contributed by atoms with van der Waals surface area (Å²) in [5.74, 6) is 0. The average Bonchev–Trinajstić information content (AvgIpc) is 2.19. The molecular formula is C9H6BrN3. The molecule has 2 rings (SSSR count). The van der Waals surface area contributed by atoms with Gasteiger partial charge < -0.3 is 0 Å². The predicted molar refractivity (Wildman–Crippen MR) is 53.0 cm³/mol. The van der Waals surface area contributed by atoms with Gasteiger partial charge in [-0.05, 0) is 15.9 Å². The summed E-state index contributed by atoms with van der Waals surface area (Å²) in [6.45, 7) is 0. The molecule has 0 aliphatic rings. The second-order valence-electron chi connectivity index (χ2n) is 2.48. The summed E-state index contributed by atoms with van der Waals surface area (Å²) in [6, 6.07) is 9.86. The maximum absolute atomic E-state index is 4.19. The molecule has 0 bridgehead atoms. The van der Waals surface area contributed by atoms with Crippen LogP contribution in [0.3, 0.4) is 0 Å². The Hall–Kier alpha value is -1.29. The summed E-state index contributed by atoms with van der Waals surface area (Å²) in [7, 11) is 0. The molecule has 2 aromatic rings. The van der Waals surface area contributed by atoms with Crippen LogP contribution in [0.25, 0.3) is 11.3 Å². The van der Waals surface area contributed by atoms with Gasteiger partial charge in [-0.2, -0.15) is 5.10 Å². The first-order valence-corrected chi connectivity index (χ1v) is 4.56. The highest BCUT2D eigenvalue weighted by Gasteiger charge is 1.99. The van der Waals surface area contributed by atoms with Crippen molar-refractivity contribution in [1.82, 2.24) is 15.2 Å². The summed E-state index contributed by atoms with van der Waals surface area (Å²) >= 11 is 3.17. The van der Waals surface area contributed by atoms with Crippen molar-refractivity contribution in [3.63, 3.8) is 0 Å². The Kier molecular flexibility index (Phi) is 2.31. The quantitative estimate of drug-likeness (QED) is 0.762. The Morgan fingerprint density at radius 3 is 2.54 bits per heavy atom. The molecule has 0 saturated carbocycles. The zero-order chi connectivity index (χ0) is 9.10. The molecular weight excluding hydrogens is 230 g/mol. The highest BCUT2D eigenvalue weighted by atomic mass is 79.9. The molecule has 64 valence electrons. The summed E-state index contributed by atoms with van der Waals surface area (Å²) in [6.07, 6.45) is 1.64. The second kappa shape index (κ2) is 3.62. The van der Waals surface area contributed by atoms with Crippen LogP contribution < -0.4 is 0 Å². The Balaban J connectivity index is 2.48. The van der Waals surface area contributed by atoms with Crippen molar-refractivity contribution < 1.29 is 0 Å². The molecule has 0 saturated heterocycles. The van der Waals surface area contributed by atoms with Crippen molar-refractivity contribution in [2.24, 2.45) is 0 Å². The Morgan fingerprint density at radius 1 is 1.08 bits per heavy atom. The summed E-state index contributed by atoms with van der Waals surface area (Å²) < 4.78 is 0.508. The first kappa shape index (κ1) is 8.31. The molecule has 0 unspecified atom stereocenters. The number of rotatable bonds is 1. The molecule has 0 fully saturated rings. The third-order valence-electron chi connectivity index (χ3n) is 1.60. The summed E-state index contributed by atoms with van der Waals surface area (Å²) in [5.41, 5.74) is 1.86. The number of nitrogens with zero attached hydrogens (tertiary/aromatic N) is 3. The Morgan fingerprint density at radius 2 is 1.85 bits per heavy atom. The molecule has 13 heavy (non-hydrogen) atoms. The lowest BCUT2D eigenvalue weighted by Gasteiger charge is -1.97. The molecule has 0 spiro atoms. The topological polar surface area (TPSA) is 38.7 Å². The summed E-state index contributed by atoms with van der Waals surface area (Å²) in [5, 5.41) is 7.52. The van der Waals surface area contributed by atoms with Gasteiger partial charge in [0.2, 0.25) is 4.73 Å². The minimum Gasteiger partial charge on any atom is -0.219 e. The minimum atomic E-state index is 0.508. The monoisotopic (exact) mass is 235 g/mol. The van der Waals surface area contributed by atoms with Gasteiger partial charge in [0.15, 0.2) is 0 Å². The van der Waals surface area contributed by atoms with Crippen molar-refractivity contribution >= 4 is 15.9 Å². The van der Waals surface area contributed by atoms with Gasteiger partial charge in [0.1, 0.15) is 0 Å². The fourth-order valence-corrected chi connectivity index (χ4v) is 1.31. The standard InChI is InChI=1S/C9H6BrN3/c10-9-12-8(6-11-13-9)7-4-2-1-3-5-7/h1-6H. The zero-order valence-corrected chi connectivity index (χ0v) is 8.27. The molecule has 0 aliphatic carbocycles. The maximum atomic E-state index is 4.19. The van der Waals surface area contributed by atoms with Crippen LogP contribution in [-0.2, 0) is 0 Å². The molecule has 1 heterocycles. The lowest BCUT2D eigenvalue weighted by atomic mass is 10.2. The van der Waals surface area contributed by atoms with E-state index in [9.17, 15) is 0 Å². The third-order valence-corrected chi connectivity index (χ3v) is 1.94.